The Morgan fingerprint density at radius 2 is 1.70 bits per heavy atom. The second-order valence-electron chi connectivity index (χ2n) is 3.27. The van der Waals surface area contributed by atoms with Crippen LogP contribution < -0.4 is 39.2 Å². The molecule has 0 fully saturated rings. The van der Waals surface area contributed by atoms with Crippen LogP contribution in [-0.2, 0) is 13.8 Å². The Morgan fingerprint density at radius 1 is 1.10 bits per heavy atom. The minimum atomic E-state index is -2.84. The maximum atomic E-state index is 10.4. The Kier molecular flexibility index (Phi) is 10.8. The van der Waals surface area contributed by atoms with Gasteiger partial charge in [0.05, 0.1) is 18.1 Å². The Labute approximate surface area is 138 Å². The second-order valence-corrected chi connectivity index (χ2v) is 3.97. The normalized spacial score (nSPS) is 10.6. The van der Waals surface area contributed by atoms with Gasteiger partial charge in [0.2, 0.25) is 0 Å². The summed E-state index contributed by atoms with van der Waals surface area (Å²) in [5.41, 5.74) is -0.00697. The van der Waals surface area contributed by atoms with Crippen LogP contribution >= 0.6 is 8.25 Å². The molecule has 20 heavy (non-hydrogen) atoms. The van der Waals surface area contributed by atoms with Crippen LogP contribution in [0.4, 0.5) is 5.69 Å². The molecule has 0 saturated carbocycles. The number of non-ortho nitro benzene ring substituents is 1. The van der Waals surface area contributed by atoms with E-state index in [1.54, 1.807) is 0 Å². The van der Waals surface area contributed by atoms with Crippen LogP contribution in [0.5, 0.6) is 5.75 Å². The average molecular weight is 312 g/mol. The fraction of sp³-hybridized carbons (Fsp3) is 0.400. The van der Waals surface area contributed by atoms with Crippen LogP contribution in [0, 0.1) is 10.1 Å². The van der Waals surface area contributed by atoms with E-state index in [4.69, 9.17) is 9.47 Å². The Balaban J connectivity index is 0.00000361. The van der Waals surface area contributed by atoms with E-state index in [-0.39, 0.29) is 61.7 Å². The van der Waals surface area contributed by atoms with Crippen LogP contribution in [0.1, 0.15) is 0 Å². The van der Waals surface area contributed by atoms with Crippen molar-refractivity contribution in [2.45, 2.75) is 0 Å². The zero-order valence-corrected chi connectivity index (χ0v) is 13.8. The molecule has 1 atom stereocenters. The predicted octanol–water partition coefficient (Wildman–Crippen LogP) is -1.97. The van der Waals surface area contributed by atoms with Crippen molar-refractivity contribution in [1.29, 1.82) is 0 Å². The molecule has 0 aliphatic rings. The summed E-state index contributed by atoms with van der Waals surface area (Å²) in [4.78, 5) is 20.0. The summed E-state index contributed by atoms with van der Waals surface area (Å²) in [6.45, 7) is 0.625. The van der Waals surface area contributed by atoms with Gasteiger partial charge in [0.15, 0.2) is 0 Å². The first-order chi connectivity index (χ1) is 9.09. The van der Waals surface area contributed by atoms with Crippen molar-refractivity contribution >= 4 is 13.9 Å². The fourth-order valence-corrected chi connectivity index (χ4v) is 1.38. The minimum Gasteiger partial charge on any atom is -0.566 e. The zero-order chi connectivity index (χ0) is 14.1. The summed E-state index contributed by atoms with van der Waals surface area (Å²) in [6, 6.07) is 5.66. The molecule has 1 unspecified atom stereocenters. The van der Waals surface area contributed by atoms with Gasteiger partial charge < -0.3 is 14.4 Å². The van der Waals surface area contributed by atoms with Crippen molar-refractivity contribution in [3.05, 3.63) is 34.4 Å². The van der Waals surface area contributed by atoms with Crippen LogP contribution in [0.2, 0.25) is 0 Å². The number of rotatable bonds is 9. The van der Waals surface area contributed by atoms with Crippen molar-refractivity contribution in [3.63, 3.8) is 0 Å². The van der Waals surface area contributed by atoms with E-state index in [0.717, 1.165) is 0 Å². The molecule has 0 aliphatic heterocycles. The quantitative estimate of drug-likeness (QED) is 0.171. The van der Waals surface area contributed by atoms with E-state index >= 15 is 0 Å². The molecular weight excluding hydrogens is 300 g/mol. The van der Waals surface area contributed by atoms with Gasteiger partial charge in [-0.15, -0.1) is 4.52 Å². The molecule has 0 aromatic heterocycles. The van der Waals surface area contributed by atoms with E-state index in [0.29, 0.717) is 5.75 Å². The third-order valence-corrected chi connectivity index (χ3v) is 2.36. The van der Waals surface area contributed by atoms with Crippen molar-refractivity contribution in [2.75, 3.05) is 26.4 Å². The maximum Gasteiger partial charge on any atom is 1.00 e. The first-order valence-electron chi connectivity index (χ1n) is 5.32. The third kappa shape index (κ3) is 8.55. The van der Waals surface area contributed by atoms with Crippen LogP contribution in [-0.4, -0.2) is 31.4 Å². The second kappa shape index (κ2) is 11.1. The van der Waals surface area contributed by atoms with Crippen molar-refractivity contribution in [2.24, 2.45) is 0 Å². The van der Waals surface area contributed by atoms with E-state index in [1.165, 1.54) is 24.3 Å². The summed E-state index contributed by atoms with van der Waals surface area (Å²) in [6.07, 6.45) is 0. The number of nitrogens with zero attached hydrogens (tertiary/aromatic N) is 1. The van der Waals surface area contributed by atoms with Gasteiger partial charge in [-0.1, -0.05) is 0 Å². The van der Waals surface area contributed by atoms with E-state index in [9.17, 15) is 19.6 Å². The van der Waals surface area contributed by atoms with Crippen LogP contribution in [0.3, 0.4) is 0 Å². The number of nitro benzene ring substituents is 1. The molecule has 0 saturated heterocycles. The Hall–Kier alpha value is -0.600. The van der Waals surface area contributed by atoms with Gasteiger partial charge in [0.25, 0.3) is 5.69 Å². The molecule has 1 aromatic carbocycles. The smallest absolute Gasteiger partial charge is 0.566 e. The standard InChI is InChI=1S/C10H12NO7P.Na/c12-11(13)9-1-3-10(4-2-9)17-7-5-16-6-8-18-19(14)15;/h1-4H,5-8H2;/q;+1. The SMILES string of the molecule is O=[N+]([O-])c1ccc(OCCOCCO[P+](=O)[O-])cc1.[Na+]. The van der Waals surface area contributed by atoms with Gasteiger partial charge >= 0.3 is 37.8 Å². The largest absolute Gasteiger partial charge is 1.00 e. The molecule has 10 heteroatoms. The van der Waals surface area contributed by atoms with Crippen LogP contribution in [0.15, 0.2) is 24.3 Å². The number of hydrogen-bond acceptors (Lipinski definition) is 7. The van der Waals surface area contributed by atoms with Crippen molar-refractivity contribution in [1.82, 2.24) is 0 Å². The van der Waals surface area contributed by atoms with Crippen LogP contribution in [0.25, 0.3) is 0 Å². The number of ether oxygens (including phenoxy) is 2. The maximum absolute atomic E-state index is 10.4. The monoisotopic (exact) mass is 312 g/mol. The Morgan fingerprint density at radius 3 is 2.25 bits per heavy atom. The molecule has 0 heterocycles. The minimum absolute atomic E-state index is 0. The summed E-state index contributed by atoms with van der Waals surface area (Å²) in [5, 5.41) is 10.4. The topological polar surface area (TPSA) is 111 Å². The van der Waals surface area contributed by atoms with Crippen molar-refractivity contribution < 1.29 is 57.9 Å². The summed E-state index contributed by atoms with van der Waals surface area (Å²) in [7, 11) is -2.84. The number of nitro groups is 1. The first-order valence-corrected chi connectivity index (χ1v) is 6.41. The van der Waals surface area contributed by atoms with Gasteiger partial charge in [0, 0.05) is 12.1 Å². The van der Waals surface area contributed by atoms with E-state index in [2.05, 4.69) is 4.52 Å². The molecule has 0 bridgehead atoms. The summed E-state index contributed by atoms with van der Waals surface area (Å²) in [5.74, 6) is 0.494. The average Bonchev–Trinajstić information content (AvgIpc) is 2.38. The van der Waals surface area contributed by atoms with Crippen molar-refractivity contribution in [3.8, 4) is 5.75 Å². The summed E-state index contributed by atoms with van der Waals surface area (Å²) < 4.78 is 24.6. The van der Waals surface area contributed by atoms with Gasteiger partial charge in [0.1, 0.15) is 19.0 Å². The molecule has 0 spiro atoms. The molecule has 0 radical (unpaired) electrons. The number of hydrogen-bond donors (Lipinski definition) is 0. The number of benzene rings is 1. The van der Waals surface area contributed by atoms with E-state index < -0.39 is 13.2 Å². The molecule has 1 rings (SSSR count). The van der Waals surface area contributed by atoms with Gasteiger partial charge in [-0.2, -0.15) is 0 Å². The summed E-state index contributed by atoms with van der Waals surface area (Å²) >= 11 is 0. The molecular formula is C10H12NNaO7P+. The molecule has 0 aliphatic carbocycles. The van der Waals surface area contributed by atoms with Gasteiger partial charge in [-0.3, -0.25) is 10.1 Å². The molecule has 0 amide bonds. The third-order valence-electron chi connectivity index (χ3n) is 1.97. The zero-order valence-electron chi connectivity index (χ0n) is 10.9. The molecule has 104 valence electrons. The van der Waals surface area contributed by atoms with E-state index in [1.807, 2.05) is 0 Å². The molecule has 8 nitrogen and oxygen atoms in total. The van der Waals surface area contributed by atoms with Gasteiger partial charge in [-0.25, -0.2) is 0 Å². The predicted molar refractivity (Wildman–Crippen MR) is 63.0 cm³/mol. The first kappa shape index (κ1) is 19.4. The van der Waals surface area contributed by atoms with Gasteiger partial charge in [-0.05, 0) is 16.7 Å². The molecule has 1 aromatic rings. The fourth-order valence-electron chi connectivity index (χ4n) is 1.16. The Bertz CT molecular complexity index is 428. The molecule has 0 N–H and O–H groups in total.